The van der Waals surface area contributed by atoms with E-state index in [4.69, 9.17) is 0 Å². The molecule has 0 saturated heterocycles. The predicted molar refractivity (Wildman–Crippen MR) is 86.1 cm³/mol. The van der Waals surface area contributed by atoms with Crippen molar-refractivity contribution in [2.45, 2.75) is 32.1 Å². The summed E-state index contributed by atoms with van der Waals surface area (Å²) in [5, 5.41) is 0. The Morgan fingerprint density at radius 2 is 1.43 bits per heavy atom. The Balaban J connectivity index is 1.72. The lowest BCUT2D eigenvalue weighted by atomic mass is 10.0. The Labute approximate surface area is 126 Å². The molecule has 2 aromatic rings. The fourth-order valence-electron chi connectivity index (χ4n) is 2.41. The van der Waals surface area contributed by atoms with Gasteiger partial charge in [0.15, 0.2) is 0 Å². The van der Waals surface area contributed by atoms with Gasteiger partial charge >= 0.3 is 0 Å². The van der Waals surface area contributed by atoms with Crippen LogP contribution in [0.2, 0.25) is 0 Å². The van der Waals surface area contributed by atoms with Crippen LogP contribution in [0.15, 0.2) is 54.6 Å². The van der Waals surface area contributed by atoms with Gasteiger partial charge in [-0.25, -0.2) is 0 Å². The first-order valence-electron chi connectivity index (χ1n) is 7.60. The molecule has 0 N–H and O–H groups in total. The lowest BCUT2D eigenvalue weighted by molar-refractivity contribution is -0.128. The Bertz CT molecular complexity index is 517. The maximum atomic E-state index is 9.99. The summed E-state index contributed by atoms with van der Waals surface area (Å²) in [5.41, 5.74) is 3.92. The molecule has 0 fully saturated rings. The molecule has 0 heterocycles. The van der Waals surface area contributed by atoms with E-state index in [1.54, 1.807) is 0 Å². The van der Waals surface area contributed by atoms with Gasteiger partial charge in [0.1, 0.15) is 0 Å². The number of ether oxygens (including phenoxy) is 1. The Kier molecular flexibility index (Phi) is 6.53. The number of carbonyl (C=O) groups is 1. The van der Waals surface area contributed by atoms with Gasteiger partial charge in [-0.15, -0.1) is 0 Å². The van der Waals surface area contributed by atoms with Crippen molar-refractivity contribution in [3.8, 4) is 11.1 Å². The van der Waals surface area contributed by atoms with Crippen LogP contribution in [0.5, 0.6) is 0 Å². The van der Waals surface area contributed by atoms with E-state index in [0.717, 1.165) is 19.3 Å². The van der Waals surface area contributed by atoms with Gasteiger partial charge in [0.25, 0.3) is 6.47 Å². The molecule has 0 aliphatic carbocycles. The number of carbonyl (C=O) groups excluding carboxylic acids is 1. The average molecular weight is 282 g/mol. The molecule has 0 aromatic heterocycles. The molecular weight excluding hydrogens is 260 g/mol. The molecule has 2 rings (SSSR count). The molecule has 0 aliphatic rings. The summed E-state index contributed by atoms with van der Waals surface area (Å²) in [6, 6.07) is 19.3. The highest BCUT2D eigenvalue weighted by molar-refractivity contribution is 5.63. The van der Waals surface area contributed by atoms with Crippen LogP contribution in [0.1, 0.15) is 31.2 Å². The Hall–Kier alpha value is -2.09. The lowest BCUT2D eigenvalue weighted by Gasteiger charge is -2.05. The summed E-state index contributed by atoms with van der Waals surface area (Å²) in [5.74, 6) is 0. The maximum Gasteiger partial charge on any atom is 0.293 e. The van der Waals surface area contributed by atoms with Crippen LogP contribution in [-0.4, -0.2) is 13.1 Å². The molecule has 0 atom stereocenters. The minimum Gasteiger partial charge on any atom is -0.468 e. The fourth-order valence-corrected chi connectivity index (χ4v) is 2.41. The molecule has 0 spiro atoms. The van der Waals surface area contributed by atoms with Gasteiger partial charge < -0.3 is 4.74 Å². The first-order valence-corrected chi connectivity index (χ1v) is 7.60. The zero-order valence-corrected chi connectivity index (χ0v) is 12.3. The number of hydrogen-bond donors (Lipinski definition) is 0. The molecule has 2 nitrogen and oxygen atoms in total. The largest absolute Gasteiger partial charge is 0.468 e. The van der Waals surface area contributed by atoms with Crippen LogP contribution in [0.4, 0.5) is 0 Å². The molecule has 0 saturated carbocycles. The van der Waals surface area contributed by atoms with Gasteiger partial charge in [-0.05, 0) is 36.0 Å². The van der Waals surface area contributed by atoms with Crippen LogP contribution in [0.3, 0.4) is 0 Å². The number of aryl methyl sites for hydroxylation is 1. The van der Waals surface area contributed by atoms with Crippen molar-refractivity contribution in [1.82, 2.24) is 0 Å². The first-order chi connectivity index (χ1) is 10.4. The average Bonchev–Trinajstić information content (AvgIpc) is 2.55. The first kappa shape index (κ1) is 15.3. The molecule has 0 aliphatic heterocycles. The van der Waals surface area contributed by atoms with Crippen molar-refractivity contribution in [1.29, 1.82) is 0 Å². The van der Waals surface area contributed by atoms with Gasteiger partial charge in [-0.3, -0.25) is 4.79 Å². The Morgan fingerprint density at radius 3 is 2.14 bits per heavy atom. The number of rotatable bonds is 9. The summed E-state index contributed by atoms with van der Waals surface area (Å²) in [6.45, 7) is 1.07. The molecule has 2 aromatic carbocycles. The topological polar surface area (TPSA) is 26.3 Å². The van der Waals surface area contributed by atoms with Crippen molar-refractivity contribution >= 4 is 6.47 Å². The van der Waals surface area contributed by atoms with Crippen molar-refractivity contribution in [2.24, 2.45) is 0 Å². The predicted octanol–water partition coefficient (Wildman–Crippen LogP) is 4.63. The fraction of sp³-hybridized carbons (Fsp3) is 0.316. The van der Waals surface area contributed by atoms with Crippen LogP contribution in [-0.2, 0) is 16.0 Å². The van der Waals surface area contributed by atoms with E-state index in [-0.39, 0.29) is 0 Å². The maximum absolute atomic E-state index is 9.99. The van der Waals surface area contributed by atoms with E-state index in [9.17, 15) is 4.79 Å². The molecular formula is C19H22O2. The zero-order valence-electron chi connectivity index (χ0n) is 12.3. The lowest BCUT2D eigenvalue weighted by Crippen LogP contribution is -1.92. The highest BCUT2D eigenvalue weighted by Gasteiger charge is 1.98. The molecule has 0 unspecified atom stereocenters. The highest BCUT2D eigenvalue weighted by Crippen LogP contribution is 2.20. The molecule has 2 heteroatoms. The summed E-state index contributed by atoms with van der Waals surface area (Å²) < 4.78 is 4.67. The quantitative estimate of drug-likeness (QED) is 0.495. The third-order valence-corrected chi connectivity index (χ3v) is 3.61. The summed E-state index contributed by atoms with van der Waals surface area (Å²) in [4.78, 5) is 9.99. The smallest absolute Gasteiger partial charge is 0.293 e. The van der Waals surface area contributed by atoms with Crippen molar-refractivity contribution in [2.75, 3.05) is 6.61 Å². The molecule has 0 bridgehead atoms. The van der Waals surface area contributed by atoms with E-state index in [2.05, 4.69) is 53.3 Å². The van der Waals surface area contributed by atoms with Crippen molar-refractivity contribution in [3.05, 3.63) is 60.2 Å². The van der Waals surface area contributed by atoms with E-state index >= 15 is 0 Å². The standard InChI is InChI=1S/C19H22O2/c20-16-21-15-7-2-1-4-8-17-11-13-19(14-12-17)18-9-5-3-6-10-18/h3,5-6,9-14,16H,1-2,4,7-8,15H2. The van der Waals surface area contributed by atoms with Crippen LogP contribution < -0.4 is 0 Å². The zero-order chi connectivity index (χ0) is 14.8. The number of unbranched alkanes of at least 4 members (excludes halogenated alkanes) is 3. The SMILES string of the molecule is O=COCCCCCCc1ccc(-c2ccccc2)cc1. The summed E-state index contributed by atoms with van der Waals surface area (Å²) in [7, 11) is 0. The van der Waals surface area contributed by atoms with Crippen molar-refractivity contribution < 1.29 is 9.53 Å². The normalized spacial score (nSPS) is 10.3. The second-order valence-electron chi connectivity index (χ2n) is 5.19. The number of benzene rings is 2. The van der Waals surface area contributed by atoms with Gasteiger partial charge in [0, 0.05) is 0 Å². The third kappa shape index (κ3) is 5.42. The number of hydrogen-bond acceptors (Lipinski definition) is 2. The van der Waals surface area contributed by atoms with Crippen LogP contribution in [0, 0.1) is 0 Å². The highest BCUT2D eigenvalue weighted by atomic mass is 16.5. The molecule has 0 radical (unpaired) electrons. The summed E-state index contributed by atoms with van der Waals surface area (Å²) in [6.07, 6.45) is 5.57. The van der Waals surface area contributed by atoms with Crippen LogP contribution in [0.25, 0.3) is 11.1 Å². The van der Waals surface area contributed by atoms with E-state index in [0.29, 0.717) is 13.1 Å². The molecule has 0 amide bonds. The van der Waals surface area contributed by atoms with Gasteiger partial charge in [-0.2, -0.15) is 0 Å². The van der Waals surface area contributed by atoms with E-state index < -0.39 is 0 Å². The van der Waals surface area contributed by atoms with Gasteiger partial charge in [-0.1, -0.05) is 67.4 Å². The monoisotopic (exact) mass is 282 g/mol. The van der Waals surface area contributed by atoms with Gasteiger partial charge in [0.2, 0.25) is 0 Å². The minimum absolute atomic E-state index is 0.522. The van der Waals surface area contributed by atoms with E-state index in [1.165, 1.54) is 29.5 Å². The molecule has 110 valence electrons. The Morgan fingerprint density at radius 1 is 0.762 bits per heavy atom. The van der Waals surface area contributed by atoms with Gasteiger partial charge in [0.05, 0.1) is 6.61 Å². The molecule has 21 heavy (non-hydrogen) atoms. The van der Waals surface area contributed by atoms with Crippen molar-refractivity contribution in [3.63, 3.8) is 0 Å². The third-order valence-electron chi connectivity index (χ3n) is 3.61. The second-order valence-corrected chi connectivity index (χ2v) is 5.19. The minimum atomic E-state index is 0.522. The van der Waals surface area contributed by atoms with Crippen LogP contribution >= 0.6 is 0 Å². The van der Waals surface area contributed by atoms with E-state index in [1.807, 2.05) is 6.07 Å². The second kappa shape index (κ2) is 8.96. The summed E-state index contributed by atoms with van der Waals surface area (Å²) >= 11 is 0.